The van der Waals surface area contributed by atoms with E-state index in [1.807, 2.05) is 17.8 Å². The summed E-state index contributed by atoms with van der Waals surface area (Å²) in [4.78, 5) is 4.16. The van der Waals surface area contributed by atoms with Crippen molar-refractivity contribution in [3.8, 4) is 0 Å². The van der Waals surface area contributed by atoms with E-state index in [-0.39, 0.29) is 0 Å². The van der Waals surface area contributed by atoms with Crippen molar-refractivity contribution in [3.63, 3.8) is 0 Å². The van der Waals surface area contributed by atoms with E-state index in [9.17, 15) is 5.11 Å². The predicted octanol–water partition coefficient (Wildman–Crippen LogP) is 1.04. The van der Waals surface area contributed by atoms with Gasteiger partial charge in [-0.3, -0.25) is 0 Å². The van der Waals surface area contributed by atoms with E-state index in [0.29, 0.717) is 5.92 Å². The number of imidazole rings is 1. The second-order valence-electron chi connectivity index (χ2n) is 3.91. The van der Waals surface area contributed by atoms with Crippen LogP contribution < -0.4 is 0 Å². The zero-order valence-electron chi connectivity index (χ0n) is 7.49. The maximum absolute atomic E-state index is 10.0. The summed E-state index contributed by atoms with van der Waals surface area (Å²) < 4.78 is 1.89. The monoisotopic (exact) mass is 166 g/mol. The predicted molar refractivity (Wildman–Crippen MR) is 45.5 cm³/mol. The van der Waals surface area contributed by atoms with Crippen LogP contribution in [-0.2, 0) is 12.6 Å². The van der Waals surface area contributed by atoms with E-state index in [1.165, 1.54) is 0 Å². The third-order valence-electron chi connectivity index (χ3n) is 2.61. The Morgan fingerprint density at radius 2 is 2.33 bits per heavy atom. The number of aromatic nitrogens is 2. The number of hydrogen-bond acceptors (Lipinski definition) is 2. The molecule has 3 nitrogen and oxygen atoms in total. The van der Waals surface area contributed by atoms with Crippen LogP contribution in [0, 0.1) is 5.92 Å². The molecule has 0 saturated heterocycles. The highest BCUT2D eigenvalue weighted by atomic mass is 16.3. The van der Waals surface area contributed by atoms with Crippen molar-refractivity contribution >= 4 is 0 Å². The summed E-state index contributed by atoms with van der Waals surface area (Å²) in [5.41, 5.74) is -0.641. The van der Waals surface area contributed by atoms with Gasteiger partial charge in [0.15, 0.2) is 0 Å². The molecule has 1 aromatic rings. The van der Waals surface area contributed by atoms with Gasteiger partial charge in [-0.25, -0.2) is 4.98 Å². The normalized spacial score (nSPS) is 34.8. The van der Waals surface area contributed by atoms with Gasteiger partial charge in [-0.2, -0.15) is 0 Å². The molecular formula is C9H14N2O. The lowest BCUT2D eigenvalue weighted by atomic mass is 9.71. The van der Waals surface area contributed by atoms with Gasteiger partial charge >= 0.3 is 0 Å². The average Bonchev–Trinajstić information content (AvgIpc) is 2.32. The summed E-state index contributed by atoms with van der Waals surface area (Å²) >= 11 is 0. The summed E-state index contributed by atoms with van der Waals surface area (Å²) in [5, 5.41) is 10.0. The molecule has 1 fully saturated rings. The van der Waals surface area contributed by atoms with Gasteiger partial charge in [0.2, 0.25) is 0 Å². The van der Waals surface area contributed by atoms with E-state index in [4.69, 9.17) is 0 Å². The van der Waals surface area contributed by atoms with E-state index in [2.05, 4.69) is 11.9 Å². The Hall–Kier alpha value is -0.830. The molecule has 0 unspecified atom stereocenters. The molecule has 0 aliphatic heterocycles. The van der Waals surface area contributed by atoms with Crippen LogP contribution in [0.15, 0.2) is 12.4 Å². The van der Waals surface area contributed by atoms with Crippen molar-refractivity contribution in [2.75, 3.05) is 0 Å². The topological polar surface area (TPSA) is 38.1 Å². The molecule has 1 N–H and O–H groups in total. The molecule has 2 rings (SSSR count). The summed E-state index contributed by atoms with van der Waals surface area (Å²) in [5.74, 6) is 1.44. The quantitative estimate of drug-likeness (QED) is 0.677. The maximum atomic E-state index is 10.0. The minimum absolute atomic E-state index is 0.631. The number of hydrogen-bond donors (Lipinski definition) is 1. The molecule has 0 radical (unpaired) electrons. The number of aliphatic hydroxyl groups is 1. The molecule has 0 bridgehead atoms. The molecule has 1 aliphatic rings. The van der Waals surface area contributed by atoms with Crippen molar-refractivity contribution in [1.29, 1.82) is 0 Å². The minimum atomic E-state index is -0.641. The van der Waals surface area contributed by atoms with Crippen LogP contribution >= 0.6 is 0 Å². The van der Waals surface area contributed by atoms with E-state index in [0.717, 1.165) is 18.7 Å². The Bertz CT molecular complexity index is 286. The molecule has 1 aromatic heterocycles. The molecule has 3 heteroatoms. The summed E-state index contributed by atoms with van der Waals surface area (Å²) in [6.07, 6.45) is 5.29. The zero-order valence-corrected chi connectivity index (χ0v) is 7.49. The highest BCUT2D eigenvalue weighted by Gasteiger charge is 2.44. The van der Waals surface area contributed by atoms with E-state index < -0.39 is 5.60 Å². The lowest BCUT2D eigenvalue weighted by Crippen LogP contribution is -2.41. The zero-order chi connectivity index (χ0) is 8.77. The van der Waals surface area contributed by atoms with Crippen molar-refractivity contribution in [1.82, 2.24) is 9.55 Å². The van der Waals surface area contributed by atoms with E-state index >= 15 is 0 Å². The van der Waals surface area contributed by atoms with Gasteiger partial charge in [-0.05, 0) is 18.8 Å². The first kappa shape index (κ1) is 7.80. The molecule has 0 spiro atoms. The van der Waals surface area contributed by atoms with Crippen LogP contribution in [0.25, 0.3) is 0 Å². The van der Waals surface area contributed by atoms with Gasteiger partial charge in [0, 0.05) is 19.4 Å². The molecule has 66 valence electrons. The smallest absolute Gasteiger partial charge is 0.140 e. The van der Waals surface area contributed by atoms with E-state index in [1.54, 1.807) is 6.20 Å². The molecule has 1 saturated carbocycles. The van der Waals surface area contributed by atoms with Crippen LogP contribution in [0.5, 0.6) is 0 Å². The fraction of sp³-hybridized carbons (Fsp3) is 0.667. The highest BCUT2D eigenvalue weighted by Crippen LogP contribution is 2.44. The Morgan fingerprint density at radius 3 is 2.75 bits per heavy atom. The van der Waals surface area contributed by atoms with Gasteiger partial charge in [0.1, 0.15) is 11.4 Å². The van der Waals surface area contributed by atoms with Gasteiger partial charge in [-0.1, -0.05) is 6.92 Å². The Labute approximate surface area is 72.0 Å². The van der Waals surface area contributed by atoms with Crippen molar-refractivity contribution in [2.45, 2.75) is 25.4 Å². The molecule has 0 amide bonds. The lowest BCUT2D eigenvalue weighted by Gasteiger charge is -2.41. The number of rotatable bonds is 1. The van der Waals surface area contributed by atoms with Crippen molar-refractivity contribution < 1.29 is 5.11 Å². The third kappa shape index (κ3) is 0.966. The Kier molecular flexibility index (Phi) is 1.51. The van der Waals surface area contributed by atoms with Gasteiger partial charge in [-0.15, -0.1) is 0 Å². The third-order valence-corrected chi connectivity index (χ3v) is 2.61. The minimum Gasteiger partial charge on any atom is -0.382 e. The maximum Gasteiger partial charge on any atom is 0.140 e. The molecule has 1 heterocycles. The molecule has 0 aromatic carbocycles. The van der Waals surface area contributed by atoms with Crippen LogP contribution in [0.4, 0.5) is 0 Å². The molecule has 0 atom stereocenters. The SMILES string of the molecule is CC1CC(O)(c2nccn2C)C1. The van der Waals surface area contributed by atoms with Crippen LogP contribution in [0.1, 0.15) is 25.6 Å². The lowest BCUT2D eigenvalue weighted by molar-refractivity contribution is -0.0827. The molecule has 1 aliphatic carbocycles. The van der Waals surface area contributed by atoms with Crippen LogP contribution in [0.3, 0.4) is 0 Å². The Balaban J connectivity index is 2.26. The molecular weight excluding hydrogens is 152 g/mol. The first-order valence-electron chi connectivity index (χ1n) is 4.32. The van der Waals surface area contributed by atoms with Gasteiger partial charge in [0.25, 0.3) is 0 Å². The van der Waals surface area contributed by atoms with Gasteiger partial charge in [0.05, 0.1) is 0 Å². The Morgan fingerprint density at radius 1 is 1.67 bits per heavy atom. The van der Waals surface area contributed by atoms with Crippen LogP contribution in [-0.4, -0.2) is 14.7 Å². The second kappa shape index (κ2) is 2.33. The summed E-state index contributed by atoms with van der Waals surface area (Å²) in [6, 6.07) is 0. The largest absolute Gasteiger partial charge is 0.382 e. The fourth-order valence-electron chi connectivity index (χ4n) is 2.09. The summed E-state index contributed by atoms with van der Waals surface area (Å²) in [7, 11) is 1.92. The average molecular weight is 166 g/mol. The number of nitrogens with zero attached hydrogens (tertiary/aromatic N) is 2. The van der Waals surface area contributed by atoms with Crippen molar-refractivity contribution in [3.05, 3.63) is 18.2 Å². The first-order chi connectivity index (χ1) is 5.62. The summed E-state index contributed by atoms with van der Waals surface area (Å²) in [6.45, 7) is 2.15. The standard InChI is InChI=1S/C9H14N2O/c1-7-5-9(12,6-7)8-10-3-4-11(8)2/h3-4,7,12H,5-6H2,1-2H3. The number of aryl methyl sites for hydroxylation is 1. The second-order valence-corrected chi connectivity index (χ2v) is 3.91. The van der Waals surface area contributed by atoms with Crippen LogP contribution in [0.2, 0.25) is 0 Å². The van der Waals surface area contributed by atoms with Gasteiger partial charge < -0.3 is 9.67 Å². The van der Waals surface area contributed by atoms with Crippen molar-refractivity contribution in [2.24, 2.45) is 13.0 Å². The molecule has 12 heavy (non-hydrogen) atoms. The highest BCUT2D eigenvalue weighted by molar-refractivity contribution is 5.10. The first-order valence-corrected chi connectivity index (χ1v) is 4.32. The fourth-order valence-corrected chi connectivity index (χ4v) is 2.09.